The van der Waals surface area contributed by atoms with E-state index >= 15 is 0 Å². The molecule has 114 valence electrons. The van der Waals surface area contributed by atoms with Gasteiger partial charge in [-0.2, -0.15) is 0 Å². The van der Waals surface area contributed by atoms with Crippen LogP contribution in [0.25, 0.3) is 0 Å². The van der Waals surface area contributed by atoms with Crippen molar-refractivity contribution in [2.24, 2.45) is 0 Å². The summed E-state index contributed by atoms with van der Waals surface area (Å²) < 4.78 is 19.1. The minimum absolute atomic E-state index is 0. The molecule has 2 rings (SSSR count). The molecule has 2 N–H and O–H groups in total. The number of ether oxygens (including phenoxy) is 1. The zero-order valence-corrected chi connectivity index (χ0v) is 13.6. The van der Waals surface area contributed by atoms with Gasteiger partial charge >= 0.3 is 0 Å². The number of alkyl halides is 1. The lowest BCUT2D eigenvalue weighted by Gasteiger charge is -2.33. The summed E-state index contributed by atoms with van der Waals surface area (Å²) in [6.45, 7) is 2.91. The molecule has 7 heteroatoms. The first-order valence-corrected chi connectivity index (χ1v) is 7.03. The highest BCUT2D eigenvalue weighted by atomic mass is 79.9. The number of halogens is 3. The van der Waals surface area contributed by atoms with Crippen molar-refractivity contribution in [2.75, 3.05) is 40.0 Å². The smallest absolute Gasteiger partial charge is 0.172 e. The van der Waals surface area contributed by atoms with Gasteiger partial charge in [0.05, 0.1) is 17.6 Å². The number of hydrogen-bond donors (Lipinski definition) is 2. The van der Waals surface area contributed by atoms with Gasteiger partial charge in [-0.3, -0.25) is 4.90 Å². The van der Waals surface area contributed by atoms with Gasteiger partial charge in [0.25, 0.3) is 0 Å². The molecule has 0 spiro atoms. The molecule has 0 bridgehead atoms. The van der Waals surface area contributed by atoms with E-state index in [1.54, 1.807) is 12.1 Å². The monoisotopic (exact) mass is 368 g/mol. The Morgan fingerprint density at radius 3 is 2.65 bits per heavy atom. The zero-order valence-electron chi connectivity index (χ0n) is 11.2. The number of piperazine rings is 1. The number of benzene rings is 1. The van der Waals surface area contributed by atoms with Gasteiger partial charge in [-0.05, 0) is 33.6 Å². The molecule has 1 saturated heterocycles. The Labute approximate surface area is 132 Å². The molecular weight excluding hydrogens is 351 g/mol. The Kier molecular flexibility index (Phi) is 7.02. The number of phenolic OH excluding ortho intramolecular Hbond substituents is 1. The molecule has 1 aromatic carbocycles. The van der Waals surface area contributed by atoms with Crippen molar-refractivity contribution in [2.45, 2.75) is 6.04 Å². The maximum atomic E-state index is 13.4. The lowest BCUT2D eigenvalue weighted by atomic mass is 10.0. The second-order valence-electron chi connectivity index (χ2n) is 4.51. The highest BCUT2D eigenvalue weighted by Crippen LogP contribution is 2.38. The number of phenols is 1. The Morgan fingerprint density at radius 1 is 1.45 bits per heavy atom. The number of nitrogens with zero attached hydrogens (tertiary/aromatic N) is 1. The molecular formula is C13H19BrClFN2O2. The van der Waals surface area contributed by atoms with Gasteiger partial charge in [-0.15, -0.1) is 12.4 Å². The van der Waals surface area contributed by atoms with Crippen LogP contribution in [0.5, 0.6) is 11.5 Å². The minimum atomic E-state index is -0.458. The van der Waals surface area contributed by atoms with E-state index in [1.807, 2.05) is 0 Å². The van der Waals surface area contributed by atoms with Crippen LogP contribution in [0.1, 0.15) is 11.6 Å². The summed E-state index contributed by atoms with van der Waals surface area (Å²) in [5, 5.41) is 13.0. The van der Waals surface area contributed by atoms with Crippen LogP contribution in [0.3, 0.4) is 0 Å². The number of nitrogens with one attached hydrogen (secondary N) is 1. The highest BCUT2D eigenvalue weighted by molar-refractivity contribution is 9.10. The first-order valence-electron chi connectivity index (χ1n) is 6.24. The third kappa shape index (κ3) is 3.75. The SMILES string of the molecule is COc1cc([C@@H](CF)N2CCNCC2)cc(Br)c1O.Cl. The minimum Gasteiger partial charge on any atom is -0.503 e. The molecule has 0 amide bonds. The Balaban J connectivity index is 0.00000200. The van der Waals surface area contributed by atoms with E-state index in [-0.39, 0.29) is 24.2 Å². The van der Waals surface area contributed by atoms with E-state index in [0.29, 0.717) is 10.2 Å². The van der Waals surface area contributed by atoms with Crippen LogP contribution in [-0.4, -0.2) is 50.0 Å². The summed E-state index contributed by atoms with van der Waals surface area (Å²) in [7, 11) is 1.49. The van der Waals surface area contributed by atoms with Crippen molar-refractivity contribution in [1.82, 2.24) is 10.2 Å². The predicted molar refractivity (Wildman–Crippen MR) is 82.8 cm³/mol. The van der Waals surface area contributed by atoms with Gasteiger partial charge < -0.3 is 15.2 Å². The largest absolute Gasteiger partial charge is 0.503 e. The summed E-state index contributed by atoms with van der Waals surface area (Å²) in [6, 6.07) is 3.16. The Morgan fingerprint density at radius 2 is 2.10 bits per heavy atom. The summed E-state index contributed by atoms with van der Waals surface area (Å²) in [5.74, 6) is 0.405. The average molecular weight is 370 g/mol. The van der Waals surface area contributed by atoms with E-state index in [4.69, 9.17) is 4.74 Å². The van der Waals surface area contributed by atoms with Crippen molar-refractivity contribution < 1.29 is 14.2 Å². The molecule has 0 radical (unpaired) electrons. The summed E-state index contributed by atoms with van der Waals surface area (Å²) in [6.07, 6.45) is 0. The zero-order chi connectivity index (χ0) is 13.8. The average Bonchev–Trinajstić information content (AvgIpc) is 2.44. The van der Waals surface area contributed by atoms with Gasteiger partial charge in [-0.25, -0.2) is 4.39 Å². The number of rotatable bonds is 4. The molecule has 4 nitrogen and oxygen atoms in total. The van der Waals surface area contributed by atoms with Crippen LogP contribution in [0, 0.1) is 0 Å². The Bertz CT molecular complexity index is 445. The number of aromatic hydroxyl groups is 1. The van der Waals surface area contributed by atoms with Crippen molar-refractivity contribution in [1.29, 1.82) is 0 Å². The normalized spacial score (nSPS) is 17.4. The standard InChI is InChI=1S/C13H18BrFN2O2.ClH/c1-19-12-7-9(6-10(14)13(12)18)11(8-15)17-4-2-16-3-5-17;/h6-7,11,16,18H,2-5,8H2,1H3;1H/t11-;/m1./s1. The van der Waals surface area contributed by atoms with E-state index in [9.17, 15) is 9.50 Å². The van der Waals surface area contributed by atoms with Crippen LogP contribution >= 0.6 is 28.3 Å². The van der Waals surface area contributed by atoms with Gasteiger partial charge in [0.2, 0.25) is 0 Å². The lowest BCUT2D eigenvalue weighted by molar-refractivity contribution is 0.147. The fourth-order valence-corrected chi connectivity index (χ4v) is 2.79. The number of hydrogen-bond acceptors (Lipinski definition) is 4. The van der Waals surface area contributed by atoms with E-state index in [1.165, 1.54) is 7.11 Å². The fraction of sp³-hybridized carbons (Fsp3) is 0.538. The molecule has 0 saturated carbocycles. The topological polar surface area (TPSA) is 44.7 Å². The quantitative estimate of drug-likeness (QED) is 0.856. The first kappa shape index (κ1) is 17.5. The van der Waals surface area contributed by atoms with Crippen molar-refractivity contribution in [3.8, 4) is 11.5 Å². The molecule has 20 heavy (non-hydrogen) atoms. The van der Waals surface area contributed by atoms with Crippen LogP contribution in [0.2, 0.25) is 0 Å². The fourth-order valence-electron chi connectivity index (χ4n) is 2.33. The van der Waals surface area contributed by atoms with Crippen LogP contribution in [0.15, 0.2) is 16.6 Å². The van der Waals surface area contributed by atoms with Crippen LogP contribution < -0.4 is 10.1 Å². The van der Waals surface area contributed by atoms with Gasteiger partial charge in [0, 0.05) is 26.2 Å². The molecule has 1 aliphatic rings. The van der Waals surface area contributed by atoms with Crippen molar-refractivity contribution in [3.05, 3.63) is 22.2 Å². The third-order valence-electron chi connectivity index (χ3n) is 3.39. The molecule has 0 aromatic heterocycles. The molecule has 1 atom stereocenters. The summed E-state index contributed by atoms with van der Waals surface area (Å²) in [4.78, 5) is 2.11. The predicted octanol–water partition coefficient (Wildman–Crippen LogP) is 2.50. The van der Waals surface area contributed by atoms with Crippen molar-refractivity contribution in [3.63, 3.8) is 0 Å². The number of methoxy groups -OCH3 is 1. The summed E-state index contributed by atoms with van der Waals surface area (Å²) >= 11 is 3.28. The van der Waals surface area contributed by atoms with Gasteiger partial charge in [0.15, 0.2) is 11.5 Å². The Hall–Kier alpha value is -0.560. The van der Waals surface area contributed by atoms with Gasteiger partial charge in [-0.1, -0.05) is 0 Å². The highest BCUT2D eigenvalue weighted by Gasteiger charge is 2.24. The maximum Gasteiger partial charge on any atom is 0.172 e. The molecule has 1 aromatic rings. The second kappa shape index (κ2) is 8.02. The summed E-state index contributed by atoms with van der Waals surface area (Å²) in [5.41, 5.74) is 0.811. The van der Waals surface area contributed by atoms with E-state index in [2.05, 4.69) is 26.1 Å². The molecule has 0 aliphatic carbocycles. The maximum absolute atomic E-state index is 13.4. The van der Waals surface area contributed by atoms with E-state index < -0.39 is 6.67 Å². The second-order valence-corrected chi connectivity index (χ2v) is 5.36. The van der Waals surface area contributed by atoms with Crippen molar-refractivity contribution >= 4 is 28.3 Å². The molecule has 1 heterocycles. The van der Waals surface area contributed by atoms with Gasteiger partial charge in [0.1, 0.15) is 6.67 Å². The lowest BCUT2D eigenvalue weighted by Crippen LogP contribution is -2.45. The molecule has 1 aliphatic heterocycles. The van der Waals surface area contributed by atoms with Crippen LogP contribution in [-0.2, 0) is 0 Å². The molecule has 1 fully saturated rings. The first-order chi connectivity index (χ1) is 9.17. The van der Waals surface area contributed by atoms with Crippen LogP contribution in [0.4, 0.5) is 4.39 Å². The third-order valence-corrected chi connectivity index (χ3v) is 4.00. The molecule has 0 unspecified atom stereocenters. The van der Waals surface area contributed by atoms with E-state index in [0.717, 1.165) is 31.7 Å².